The number of benzene rings is 1. The van der Waals surface area contributed by atoms with Crippen LogP contribution < -0.4 is 0 Å². The van der Waals surface area contributed by atoms with Gasteiger partial charge in [0.2, 0.25) is 0 Å². The summed E-state index contributed by atoms with van der Waals surface area (Å²) in [7, 11) is 0. The fraction of sp³-hybridized carbons (Fsp3) is 0.474. The lowest BCUT2D eigenvalue weighted by Crippen LogP contribution is -2.31. The number of rotatable bonds is 3. The second-order valence-electron chi connectivity index (χ2n) is 6.55. The van der Waals surface area contributed by atoms with Gasteiger partial charge in [0.05, 0.1) is 22.4 Å². The first-order chi connectivity index (χ1) is 11.6. The highest BCUT2D eigenvalue weighted by Gasteiger charge is 2.17. The molecule has 0 aliphatic carbocycles. The minimum Gasteiger partial charge on any atom is -0.339 e. The molecule has 0 saturated carbocycles. The van der Waals surface area contributed by atoms with Crippen molar-refractivity contribution in [2.75, 3.05) is 13.1 Å². The summed E-state index contributed by atoms with van der Waals surface area (Å²) < 4.78 is 3.06. The van der Waals surface area contributed by atoms with E-state index >= 15 is 0 Å². The highest BCUT2D eigenvalue weighted by Crippen LogP contribution is 2.21. The van der Waals surface area contributed by atoms with E-state index in [1.165, 1.54) is 12.8 Å². The van der Waals surface area contributed by atoms with Gasteiger partial charge in [0.15, 0.2) is 0 Å². The van der Waals surface area contributed by atoms with Gasteiger partial charge in [0, 0.05) is 18.7 Å². The summed E-state index contributed by atoms with van der Waals surface area (Å²) in [5.74, 6) is 0.164. The van der Waals surface area contributed by atoms with E-state index in [0.717, 1.165) is 59.5 Å². The summed E-state index contributed by atoms with van der Waals surface area (Å²) in [6, 6.07) is 7.97. The topological polar surface area (TPSA) is 38.1 Å². The van der Waals surface area contributed by atoms with E-state index in [1.807, 2.05) is 40.8 Å². The first kappa shape index (κ1) is 17.2. The van der Waals surface area contributed by atoms with Crippen molar-refractivity contribution in [1.29, 1.82) is 0 Å². The first-order valence-electron chi connectivity index (χ1n) is 8.64. The SMILES string of the molecule is Cc1nn(Cc2ccc(C(=O)N3CCCCCC3)cc2)c(C)c1Br. The number of amides is 1. The second-order valence-corrected chi connectivity index (χ2v) is 7.34. The van der Waals surface area contributed by atoms with Crippen LogP contribution in [0.15, 0.2) is 28.7 Å². The summed E-state index contributed by atoms with van der Waals surface area (Å²) >= 11 is 3.56. The van der Waals surface area contributed by atoms with Gasteiger partial charge in [0.1, 0.15) is 0 Å². The Kier molecular flexibility index (Phi) is 5.39. The molecule has 2 aromatic rings. The summed E-state index contributed by atoms with van der Waals surface area (Å²) in [6.45, 7) is 6.55. The highest BCUT2D eigenvalue weighted by atomic mass is 79.9. The molecule has 0 bridgehead atoms. The molecule has 0 N–H and O–H groups in total. The Morgan fingerprint density at radius 2 is 1.71 bits per heavy atom. The molecule has 1 aromatic carbocycles. The standard InChI is InChI=1S/C19H24BrN3O/c1-14-18(20)15(2)23(21-14)13-16-7-9-17(10-8-16)19(24)22-11-5-3-4-6-12-22/h7-10H,3-6,11-13H2,1-2H3. The van der Waals surface area contributed by atoms with E-state index < -0.39 is 0 Å². The average molecular weight is 390 g/mol. The number of hydrogen-bond donors (Lipinski definition) is 0. The number of aryl methyl sites for hydroxylation is 1. The van der Waals surface area contributed by atoms with Gasteiger partial charge in [-0.05, 0) is 60.3 Å². The summed E-state index contributed by atoms with van der Waals surface area (Å²) in [5, 5.41) is 4.54. The van der Waals surface area contributed by atoms with Crippen LogP contribution in [0.5, 0.6) is 0 Å². The lowest BCUT2D eigenvalue weighted by molar-refractivity contribution is 0.0761. The second kappa shape index (κ2) is 7.51. The Morgan fingerprint density at radius 3 is 2.25 bits per heavy atom. The van der Waals surface area contributed by atoms with E-state index in [-0.39, 0.29) is 5.91 Å². The molecule has 128 valence electrons. The van der Waals surface area contributed by atoms with Crippen LogP contribution in [0.3, 0.4) is 0 Å². The molecule has 1 aliphatic rings. The van der Waals surface area contributed by atoms with Crippen LogP contribution in [-0.4, -0.2) is 33.7 Å². The van der Waals surface area contributed by atoms with Gasteiger partial charge in [0.25, 0.3) is 5.91 Å². The predicted molar refractivity (Wildman–Crippen MR) is 99.3 cm³/mol. The minimum atomic E-state index is 0.164. The largest absolute Gasteiger partial charge is 0.339 e. The zero-order valence-corrected chi connectivity index (χ0v) is 16.0. The van der Waals surface area contributed by atoms with Crippen molar-refractivity contribution in [1.82, 2.24) is 14.7 Å². The van der Waals surface area contributed by atoms with Crippen LogP contribution in [0.25, 0.3) is 0 Å². The molecular weight excluding hydrogens is 366 g/mol. The summed E-state index contributed by atoms with van der Waals surface area (Å²) in [5.41, 5.74) is 4.06. The van der Waals surface area contributed by atoms with Crippen LogP contribution in [0.2, 0.25) is 0 Å². The van der Waals surface area contributed by atoms with Crippen molar-refractivity contribution in [3.63, 3.8) is 0 Å². The number of carbonyl (C=O) groups is 1. The maximum Gasteiger partial charge on any atom is 0.253 e. The Bertz CT molecular complexity index is 713. The van der Waals surface area contributed by atoms with Gasteiger partial charge in [-0.15, -0.1) is 0 Å². The van der Waals surface area contributed by atoms with E-state index in [4.69, 9.17) is 0 Å². The third-order valence-corrected chi connectivity index (χ3v) is 5.87. The molecule has 1 amide bonds. The molecule has 0 atom stereocenters. The third kappa shape index (κ3) is 3.72. The highest BCUT2D eigenvalue weighted by molar-refractivity contribution is 9.10. The van der Waals surface area contributed by atoms with Gasteiger partial charge < -0.3 is 4.90 Å². The smallest absolute Gasteiger partial charge is 0.253 e. The van der Waals surface area contributed by atoms with Gasteiger partial charge in [-0.3, -0.25) is 9.48 Å². The van der Waals surface area contributed by atoms with Crippen molar-refractivity contribution >= 4 is 21.8 Å². The number of carbonyl (C=O) groups excluding carboxylic acids is 1. The number of likely N-dealkylation sites (tertiary alicyclic amines) is 1. The van der Waals surface area contributed by atoms with Crippen molar-refractivity contribution < 1.29 is 4.79 Å². The normalized spacial score (nSPS) is 15.4. The Morgan fingerprint density at radius 1 is 1.08 bits per heavy atom. The van der Waals surface area contributed by atoms with E-state index in [2.05, 4.69) is 28.0 Å². The van der Waals surface area contributed by atoms with E-state index in [0.29, 0.717) is 0 Å². The average Bonchev–Trinajstić information content (AvgIpc) is 2.82. The van der Waals surface area contributed by atoms with Crippen molar-refractivity contribution in [2.24, 2.45) is 0 Å². The van der Waals surface area contributed by atoms with E-state index in [9.17, 15) is 4.79 Å². The molecule has 3 rings (SSSR count). The van der Waals surface area contributed by atoms with Gasteiger partial charge in [-0.2, -0.15) is 5.10 Å². The van der Waals surface area contributed by atoms with Crippen molar-refractivity contribution in [3.8, 4) is 0 Å². The molecule has 24 heavy (non-hydrogen) atoms. The molecule has 2 heterocycles. The maximum absolute atomic E-state index is 12.6. The first-order valence-corrected chi connectivity index (χ1v) is 9.43. The lowest BCUT2D eigenvalue weighted by atomic mass is 10.1. The molecule has 1 aliphatic heterocycles. The molecule has 1 aromatic heterocycles. The molecule has 0 unspecified atom stereocenters. The fourth-order valence-electron chi connectivity index (χ4n) is 3.21. The molecular formula is C19H24BrN3O. The van der Waals surface area contributed by atoms with Crippen molar-refractivity contribution in [2.45, 2.75) is 46.1 Å². The third-order valence-electron chi connectivity index (χ3n) is 4.72. The predicted octanol–water partition coefficient (Wildman–Crippen LogP) is 4.33. The van der Waals surface area contributed by atoms with Crippen molar-refractivity contribution in [3.05, 3.63) is 51.3 Å². The van der Waals surface area contributed by atoms with E-state index in [1.54, 1.807) is 0 Å². The number of hydrogen-bond acceptors (Lipinski definition) is 2. The van der Waals surface area contributed by atoms with Gasteiger partial charge in [-0.1, -0.05) is 25.0 Å². The Labute approximate surface area is 152 Å². The molecule has 1 fully saturated rings. The number of nitrogens with zero attached hydrogens (tertiary/aromatic N) is 3. The quantitative estimate of drug-likeness (QED) is 0.783. The lowest BCUT2D eigenvalue weighted by Gasteiger charge is -2.20. The molecule has 1 saturated heterocycles. The Balaban J connectivity index is 1.70. The van der Waals surface area contributed by atoms with Crippen LogP contribution in [-0.2, 0) is 6.54 Å². The number of halogens is 1. The molecule has 4 nitrogen and oxygen atoms in total. The Hall–Kier alpha value is -1.62. The summed E-state index contributed by atoms with van der Waals surface area (Å²) in [4.78, 5) is 14.6. The monoisotopic (exact) mass is 389 g/mol. The van der Waals surface area contributed by atoms with Crippen LogP contribution in [0.1, 0.15) is 53.0 Å². The molecule has 0 radical (unpaired) electrons. The van der Waals surface area contributed by atoms with Gasteiger partial charge >= 0.3 is 0 Å². The zero-order chi connectivity index (χ0) is 17.1. The number of aromatic nitrogens is 2. The maximum atomic E-state index is 12.6. The fourth-order valence-corrected chi connectivity index (χ4v) is 3.50. The van der Waals surface area contributed by atoms with Gasteiger partial charge in [-0.25, -0.2) is 0 Å². The molecule has 5 heteroatoms. The zero-order valence-electron chi connectivity index (χ0n) is 14.4. The van der Waals surface area contributed by atoms with Crippen LogP contribution in [0.4, 0.5) is 0 Å². The minimum absolute atomic E-state index is 0.164. The molecule has 0 spiro atoms. The van der Waals surface area contributed by atoms with Crippen LogP contribution >= 0.6 is 15.9 Å². The summed E-state index contributed by atoms with van der Waals surface area (Å²) in [6.07, 6.45) is 4.72. The van der Waals surface area contributed by atoms with Crippen LogP contribution in [0, 0.1) is 13.8 Å².